The molecule has 3 aromatic rings. The van der Waals surface area contributed by atoms with Crippen LogP contribution in [0.15, 0.2) is 91.0 Å². The van der Waals surface area contributed by atoms with E-state index in [1.54, 1.807) is 24.3 Å². The summed E-state index contributed by atoms with van der Waals surface area (Å²) >= 11 is 0. The van der Waals surface area contributed by atoms with Gasteiger partial charge in [0.05, 0.1) is 6.04 Å². The Kier molecular flexibility index (Phi) is 8.15. The summed E-state index contributed by atoms with van der Waals surface area (Å²) < 4.78 is 5.25. The number of carbonyl (C=O) groups excluding carboxylic acids is 3. The molecule has 0 aliphatic carbocycles. The van der Waals surface area contributed by atoms with E-state index < -0.39 is 24.5 Å². The zero-order chi connectivity index (χ0) is 22.8. The summed E-state index contributed by atoms with van der Waals surface area (Å²) in [6.45, 7) is 1.43. The molecule has 0 aliphatic rings. The van der Waals surface area contributed by atoms with Crippen molar-refractivity contribution in [3.8, 4) is 0 Å². The van der Waals surface area contributed by atoms with Crippen LogP contribution in [0.25, 0.3) is 0 Å². The van der Waals surface area contributed by atoms with Gasteiger partial charge in [-0.05, 0) is 30.2 Å². The van der Waals surface area contributed by atoms with Gasteiger partial charge in [0.25, 0.3) is 11.8 Å². The highest BCUT2D eigenvalue weighted by Gasteiger charge is 2.24. The Morgan fingerprint density at radius 3 is 1.97 bits per heavy atom. The van der Waals surface area contributed by atoms with Gasteiger partial charge >= 0.3 is 5.97 Å². The van der Waals surface area contributed by atoms with Crippen LogP contribution in [0.1, 0.15) is 34.5 Å². The van der Waals surface area contributed by atoms with Crippen LogP contribution in [-0.2, 0) is 20.7 Å². The Bertz CT molecular complexity index is 1020. The van der Waals surface area contributed by atoms with Gasteiger partial charge in [0.2, 0.25) is 0 Å². The van der Waals surface area contributed by atoms with E-state index in [0.29, 0.717) is 5.56 Å². The highest BCUT2D eigenvalue weighted by atomic mass is 16.5. The van der Waals surface area contributed by atoms with Crippen molar-refractivity contribution in [2.45, 2.75) is 25.4 Å². The molecule has 0 bridgehead atoms. The van der Waals surface area contributed by atoms with Crippen LogP contribution in [0.2, 0.25) is 0 Å². The number of hydrogen-bond donors (Lipinski definition) is 2. The van der Waals surface area contributed by atoms with Crippen molar-refractivity contribution in [3.05, 3.63) is 108 Å². The van der Waals surface area contributed by atoms with Gasteiger partial charge in [-0.1, -0.05) is 78.9 Å². The minimum absolute atomic E-state index is 0.222. The largest absolute Gasteiger partial charge is 0.454 e. The molecule has 3 aromatic carbocycles. The smallest absolute Gasteiger partial charge is 0.329 e. The first-order valence-electron chi connectivity index (χ1n) is 10.4. The maximum Gasteiger partial charge on any atom is 0.329 e. The van der Waals surface area contributed by atoms with Crippen molar-refractivity contribution in [1.82, 2.24) is 10.6 Å². The van der Waals surface area contributed by atoms with Crippen molar-refractivity contribution in [1.29, 1.82) is 0 Å². The van der Waals surface area contributed by atoms with E-state index in [2.05, 4.69) is 10.6 Å². The molecule has 0 aromatic heterocycles. The number of ether oxygens (including phenoxy) is 1. The standard InChI is InChI=1S/C26H26N2O4/c1-19(21-13-7-3-8-14-21)27-24(29)18-32-26(31)23(17-20-11-5-2-6-12-20)28-25(30)22-15-9-4-10-16-22/h2-16,19,23H,17-18H2,1H3,(H,27,29)(H,28,30)/t19-,23+/m1/s1. The first kappa shape index (κ1) is 22.7. The maximum absolute atomic E-state index is 12.8. The number of benzene rings is 3. The molecule has 0 aliphatic heterocycles. The molecular weight excluding hydrogens is 404 g/mol. The van der Waals surface area contributed by atoms with E-state index in [9.17, 15) is 14.4 Å². The fraction of sp³-hybridized carbons (Fsp3) is 0.192. The summed E-state index contributed by atoms with van der Waals surface area (Å²) in [5, 5.41) is 5.53. The first-order chi connectivity index (χ1) is 15.5. The van der Waals surface area contributed by atoms with Crippen LogP contribution in [0.5, 0.6) is 0 Å². The number of hydrogen-bond acceptors (Lipinski definition) is 4. The molecule has 2 amide bonds. The Morgan fingerprint density at radius 1 is 0.781 bits per heavy atom. The summed E-state index contributed by atoms with van der Waals surface area (Å²) in [7, 11) is 0. The lowest BCUT2D eigenvalue weighted by atomic mass is 10.1. The molecule has 0 heterocycles. The number of nitrogens with one attached hydrogen (secondary N) is 2. The number of esters is 1. The van der Waals surface area contributed by atoms with Gasteiger partial charge in [-0.15, -0.1) is 0 Å². The Balaban J connectivity index is 1.61. The molecule has 0 saturated heterocycles. The predicted molar refractivity (Wildman–Crippen MR) is 122 cm³/mol. The maximum atomic E-state index is 12.8. The molecule has 0 unspecified atom stereocenters. The molecule has 164 valence electrons. The van der Waals surface area contributed by atoms with E-state index in [4.69, 9.17) is 4.74 Å². The molecular formula is C26H26N2O4. The second-order valence-corrected chi connectivity index (χ2v) is 7.39. The minimum Gasteiger partial charge on any atom is -0.454 e. The van der Waals surface area contributed by atoms with E-state index in [-0.39, 0.29) is 18.4 Å². The van der Waals surface area contributed by atoms with Crippen LogP contribution in [0.3, 0.4) is 0 Å². The van der Waals surface area contributed by atoms with Crippen molar-refractivity contribution >= 4 is 17.8 Å². The normalized spacial score (nSPS) is 12.3. The molecule has 6 heteroatoms. The van der Waals surface area contributed by atoms with Crippen LogP contribution in [0.4, 0.5) is 0 Å². The summed E-state index contributed by atoms with van der Waals surface area (Å²) in [4.78, 5) is 37.6. The van der Waals surface area contributed by atoms with Gasteiger partial charge in [-0.3, -0.25) is 9.59 Å². The van der Waals surface area contributed by atoms with Gasteiger partial charge in [-0.25, -0.2) is 4.79 Å². The summed E-state index contributed by atoms with van der Waals surface area (Å²) in [6, 6.07) is 26.3. The molecule has 32 heavy (non-hydrogen) atoms. The second-order valence-electron chi connectivity index (χ2n) is 7.39. The average Bonchev–Trinajstić information content (AvgIpc) is 2.83. The SMILES string of the molecule is C[C@@H](NC(=O)COC(=O)[C@H](Cc1ccccc1)NC(=O)c1ccccc1)c1ccccc1. The lowest BCUT2D eigenvalue weighted by molar-refractivity contribution is -0.150. The third-order valence-electron chi connectivity index (χ3n) is 4.93. The molecule has 6 nitrogen and oxygen atoms in total. The predicted octanol–water partition coefficient (Wildman–Crippen LogP) is 3.45. The quantitative estimate of drug-likeness (QED) is 0.509. The van der Waals surface area contributed by atoms with Crippen molar-refractivity contribution in [3.63, 3.8) is 0 Å². The molecule has 2 atom stereocenters. The molecule has 0 saturated carbocycles. The summed E-state index contributed by atoms with van der Waals surface area (Å²) in [6.07, 6.45) is 0.250. The van der Waals surface area contributed by atoms with Crippen molar-refractivity contribution in [2.24, 2.45) is 0 Å². The van der Waals surface area contributed by atoms with E-state index in [1.165, 1.54) is 0 Å². The highest BCUT2D eigenvalue weighted by Crippen LogP contribution is 2.11. The lowest BCUT2D eigenvalue weighted by Gasteiger charge is -2.19. The highest BCUT2D eigenvalue weighted by molar-refractivity contribution is 5.97. The molecule has 0 radical (unpaired) electrons. The fourth-order valence-electron chi connectivity index (χ4n) is 3.22. The zero-order valence-corrected chi connectivity index (χ0v) is 17.9. The Labute approximate surface area is 187 Å². The van der Waals surface area contributed by atoms with Crippen LogP contribution in [0, 0.1) is 0 Å². The molecule has 2 N–H and O–H groups in total. The molecule has 0 fully saturated rings. The van der Waals surface area contributed by atoms with Gasteiger partial charge in [0, 0.05) is 12.0 Å². The molecule has 3 rings (SSSR count). The van der Waals surface area contributed by atoms with Crippen molar-refractivity contribution in [2.75, 3.05) is 6.61 Å². The number of rotatable bonds is 9. The third-order valence-corrected chi connectivity index (χ3v) is 4.93. The zero-order valence-electron chi connectivity index (χ0n) is 17.9. The van der Waals surface area contributed by atoms with Crippen molar-refractivity contribution < 1.29 is 19.1 Å². The number of amides is 2. The first-order valence-corrected chi connectivity index (χ1v) is 10.4. The fourth-order valence-corrected chi connectivity index (χ4v) is 3.22. The lowest BCUT2D eigenvalue weighted by Crippen LogP contribution is -2.44. The Hall–Kier alpha value is -3.93. The topological polar surface area (TPSA) is 84.5 Å². The minimum atomic E-state index is -0.926. The summed E-state index contributed by atoms with van der Waals surface area (Å²) in [5.41, 5.74) is 2.25. The second kappa shape index (κ2) is 11.5. The van der Waals surface area contributed by atoms with Gasteiger partial charge in [0.15, 0.2) is 6.61 Å². The van der Waals surface area contributed by atoms with E-state index in [1.807, 2.05) is 73.7 Å². The van der Waals surface area contributed by atoms with Gasteiger partial charge in [-0.2, -0.15) is 0 Å². The van der Waals surface area contributed by atoms with Crippen LogP contribution < -0.4 is 10.6 Å². The summed E-state index contributed by atoms with van der Waals surface area (Å²) in [5.74, 6) is -1.46. The monoisotopic (exact) mass is 430 g/mol. The van der Waals surface area contributed by atoms with Gasteiger partial charge in [0.1, 0.15) is 6.04 Å². The van der Waals surface area contributed by atoms with Crippen LogP contribution >= 0.6 is 0 Å². The van der Waals surface area contributed by atoms with Gasteiger partial charge < -0.3 is 15.4 Å². The van der Waals surface area contributed by atoms with Crippen LogP contribution in [-0.4, -0.2) is 30.4 Å². The molecule has 0 spiro atoms. The van der Waals surface area contributed by atoms with E-state index in [0.717, 1.165) is 11.1 Å². The number of carbonyl (C=O) groups is 3. The van der Waals surface area contributed by atoms with E-state index >= 15 is 0 Å². The average molecular weight is 431 g/mol. The Morgan fingerprint density at radius 2 is 1.34 bits per heavy atom. The third kappa shape index (κ3) is 6.80.